The molecule has 0 radical (unpaired) electrons. The average molecular weight is 240 g/mol. The number of nitrogens with zero attached hydrogens (tertiary/aromatic N) is 1. The molecule has 5 heteroatoms. The summed E-state index contributed by atoms with van der Waals surface area (Å²) in [5.41, 5.74) is 6.83. The van der Waals surface area contributed by atoms with Crippen molar-refractivity contribution in [2.75, 3.05) is 18.0 Å². The zero-order valence-corrected chi connectivity index (χ0v) is 9.68. The van der Waals surface area contributed by atoms with E-state index in [1.54, 1.807) is 24.0 Å². The third-order valence-corrected chi connectivity index (χ3v) is 3.08. The van der Waals surface area contributed by atoms with Crippen molar-refractivity contribution in [3.63, 3.8) is 0 Å². The summed E-state index contributed by atoms with van der Waals surface area (Å²) in [7, 11) is 0. The van der Waals surface area contributed by atoms with E-state index in [2.05, 4.69) is 0 Å². The Morgan fingerprint density at radius 3 is 2.47 bits per heavy atom. The summed E-state index contributed by atoms with van der Waals surface area (Å²) < 4.78 is 13.7. The molecule has 1 aliphatic heterocycles. The van der Waals surface area contributed by atoms with Crippen LogP contribution >= 0.6 is 0 Å². The van der Waals surface area contributed by atoms with E-state index in [1.165, 1.54) is 6.07 Å². The van der Waals surface area contributed by atoms with Crippen molar-refractivity contribution >= 4 is 5.69 Å². The number of halogens is 1. The average Bonchev–Trinajstić information content (AvgIpc) is 2.58. The molecule has 0 amide bonds. The van der Waals surface area contributed by atoms with Crippen LogP contribution in [-0.4, -0.2) is 35.5 Å². The van der Waals surface area contributed by atoms with E-state index in [4.69, 9.17) is 5.73 Å². The van der Waals surface area contributed by atoms with Gasteiger partial charge in [-0.25, -0.2) is 4.39 Å². The second-order valence-corrected chi connectivity index (χ2v) is 4.50. The van der Waals surface area contributed by atoms with Crippen LogP contribution in [0.4, 0.5) is 10.1 Å². The highest BCUT2D eigenvalue weighted by Crippen LogP contribution is 2.30. The van der Waals surface area contributed by atoms with Crippen molar-refractivity contribution in [1.82, 2.24) is 0 Å². The second-order valence-electron chi connectivity index (χ2n) is 4.50. The van der Waals surface area contributed by atoms with Gasteiger partial charge in [0.05, 0.1) is 12.2 Å². The second kappa shape index (κ2) is 4.60. The van der Waals surface area contributed by atoms with Gasteiger partial charge in [-0.2, -0.15) is 0 Å². The predicted octanol–water partition coefficient (Wildman–Crippen LogP) is 0.387. The zero-order valence-electron chi connectivity index (χ0n) is 9.68. The molecule has 2 rings (SSSR count). The molecule has 4 N–H and O–H groups in total. The molecule has 0 bridgehead atoms. The first kappa shape index (κ1) is 12.3. The van der Waals surface area contributed by atoms with Crippen LogP contribution in [-0.2, 0) is 0 Å². The number of hydrogen-bond donors (Lipinski definition) is 3. The SMILES string of the molecule is C[C@@H](N)c1c(F)cccc1N1CC(O)C(O)C1. The third-order valence-electron chi connectivity index (χ3n) is 3.08. The lowest BCUT2D eigenvalue weighted by atomic mass is 10.1. The Hall–Kier alpha value is -1.17. The van der Waals surface area contributed by atoms with Gasteiger partial charge in [-0.15, -0.1) is 0 Å². The van der Waals surface area contributed by atoms with Crippen LogP contribution in [0.15, 0.2) is 18.2 Å². The van der Waals surface area contributed by atoms with Crippen LogP contribution in [0.3, 0.4) is 0 Å². The molecule has 1 aromatic rings. The normalized spacial score (nSPS) is 26.3. The van der Waals surface area contributed by atoms with Crippen molar-refractivity contribution in [3.05, 3.63) is 29.6 Å². The summed E-state index contributed by atoms with van der Waals surface area (Å²) in [6.07, 6.45) is -1.58. The van der Waals surface area contributed by atoms with Gasteiger partial charge in [0.25, 0.3) is 0 Å². The Morgan fingerprint density at radius 2 is 1.94 bits per heavy atom. The van der Waals surface area contributed by atoms with E-state index >= 15 is 0 Å². The van der Waals surface area contributed by atoms with Gasteiger partial charge in [-0.3, -0.25) is 0 Å². The number of rotatable bonds is 2. The summed E-state index contributed by atoms with van der Waals surface area (Å²) >= 11 is 0. The largest absolute Gasteiger partial charge is 0.389 e. The Balaban J connectivity index is 2.36. The molecule has 2 unspecified atom stereocenters. The van der Waals surface area contributed by atoms with Crippen LogP contribution in [0, 0.1) is 5.82 Å². The Bertz CT molecular complexity index is 401. The van der Waals surface area contributed by atoms with Crippen LogP contribution < -0.4 is 10.6 Å². The maximum absolute atomic E-state index is 13.7. The lowest BCUT2D eigenvalue weighted by Crippen LogP contribution is -2.24. The fourth-order valence-corrected chi connectivity index (χ4v) is 2.22. The number of benzene rings is 1. The monoisotopic (exact) mass is 240 g/mol. The van der Waals surface area contributed by atoms with Crippen molar-refractivity contribution in [1.29, 1.82) is 0 Å². The van der Waals surface area contributed by atoms with Gasteiger partial charge >= 0.3 is 0 Å². The van der Waals surface area contributed by atoms with Gasteiger partial charge in [0.2, 0.25) is 0 Å². The molecule has 1 aromatic carbocycles. The molecular weight excluding hydrogens is 223 g/mol. The summed E-state index contributed by atoms with van der Waals surface area (Å²) in [5.74, 6) is -0.353. The summed E-state index contributed by atoms with van der Waals surface area (Å²) in [6, 6.07) is 4.30. The van der Waals surface area contributed by atoms with Crippen molar-refractivity contribution in [3.8, 4) is 0 Å². The highest BCUT2D eigenvalue weighted by molar-refractivity contribution is 5.56. The molecule has 3 atom stereocenters. The van der Waals surface area contributed by atoms with Crippen LogP contribution in [0.1, 0.15) is 18.5 Å². The summed E-state index contributed by atoms with van der Waals surface area (Å²) in [4.78, 5) is 1.76. The first-order valence-electron chi connectivity index (χ1n) is 5.65. The molecule has 1 aliphatic rings. The number of aliphatic hydroxyl groups excluding tert-OH is 2. The van der Waals surface area contributed by atoms with Crippen LogP contribution in [0.2, 0.25) is 0 Å². The molecular formula is C12H17FN2O2. The minimum Gasteiger partial charge on any atom is -0.389 e. The van der Waals surface area contributed by atoms with E-state index in [1.807, 2.05) is 0 Å². The molecule has 0 saturated carbocycles. The van der Waals surface area contributed by atoms with Gasteiger partial charge in [-0.1, -0.05) is 6.07 Å². The first-order valence-corrected chi connectivity index (χ1v) is 5.65. The maximum Gasteiger partial charge on any atom is 0.130 e. The molecule has 4 nitrogen and oxygen atoms in total. The molecule has 1 fully saturated rings. The Labute approximate surface area is 99.5 Å². The number of hydrogen-bond acceptors (Lipinski definition) is 4. The molecule has 1 heterocycles. The Kier molecular flexibility index (Phi) is 3.33. The lowest BCUT2D eigenvalue weighted by molar-refractivity contribution is 0.0572. The minimum absolute atomic E-state index is 0.296. The van der Waals surface area contributed by atoms with E-state index in [-0.39, 0.29) is 5.82 Å². The fourth-order valence-electron chi connectivity index (χ4n) is 2.22. The van der Waals surface area contributed by atoms with E-state index in [0.29, 0.717) is 24.3 Å². The lowest BCUT2D eigenvalue weighted by Gasteiger charge is -2.23. The van der Waals surface area contributed by atoms with Gasteiger partial charge in [0.1, 0.15) is 5.82 Å². The summed E-state index contributed by atoms with van der Waals surface area (Å²) in [6.45, 7) is 2.31. The van der Waals surface area contributed by atoms with E-state index in [0.717, 1.165) is 0 Å². The van der Waals surface area contributed by atoms with Gasteiger partial charge in [0.15, 0.2) is 0 Å². The molecule has 0 spiro atoms. The smallest absolute Gasteiger partial charge is 0.130 e. The topological polar surface area (TPSA) is 69.7 Å². The first-order chi connectivity index (χ1) is 8.00. The summed E-state index contributed by atoms with van der Waals surface area (Å²) in [5, 5.41) is 19.0. The van der Waals surface area contributed by atoms with Gasteiger partial charge in [-0.05, 0) is 19.1 Å². The molecule has 17 heavy (non-hydrogen) atoms. The molecule has 0 aliphatic carbocycles. The third kappa shape index (κ3) is 2.26. The quantitative estimate of drug-likeness (QED) is 0.699. The maximum atomic E-state index is 13.7. The van der Waals surface area contributed by atoms with Crippen molar-refractivity contribution < 1.29 is 14.6 Å². The van der Waals surface area contributed by atoms with Crippen molar-refractivity contribution in [2.45, 2.75) is 25.2 Å². The number of β-amino-alcohol motifs (C(OH)–C–C–N with tert-alkyl or cyclic N) is 2. The molecule has 0 aromatic heterocycles. The van der Waals surface area contributed by atoms with Gasteiger partial charge in [0, 0.05) is 30.4 Å². The minimum atomic E-state index is -0.792. The highest BCUT2D eigenvalue weighted by Gasteiger charge is 2.31. The number of anilines is 1. The van der Waals surface area contributed by atoms with E-state index < -0.39 is 18.2 Å². The standard InChI is InChI=1S/C12H17FN2O2/c1-7(14)12-8(13)3-2-4-9(12)15-5-10(16)11(17)6-15/h2-4,7,10-11,16-17H,5-6,14H2,1H3/t7-,10?,11?/m1/s1. The van der Waals surface area contributed by atoms with E-state index in [9.17, 15) is 14.6 Å². The van der Waals surface area contributed by atoms with Crippen molar-refractivity contribution in [2.24, 2.45) is 5.73 Å². The Morgan fingerprint density at radius 1 is 1.35 bits per heavy atom. The number of aliphatic hydroxyl groups is 2. The predicted molar refractivity (Wildman–Crippen MR) is 63.2 cm³/mol. The molecule has 1 saturated heterocycles. The van der Waals surface area contributed by atoms with Crippen LogP contribution in [0.5, 0.6) is 0 Å². The fraction of sp³-hybridized carbons (Fsp3) is 0.500. The molecule has 94 valence electrons. The zero-order chi connectivity index (χ0) is 12.6. The van der Waals surface area contributed by atoms with Crippen LogP contribution in [0.25, 0.3) is 0 Å². The highest BCUT2D eigenvalue weighted by atomic mass is 19.1. The van der Waals surface area contributed by atoms with Gasteiger partial charge < -0.3 is 20.8 Å². The number of nitrogens with two attached hydrogens (primary N) is 1.